The highest BCUT2D eigenvalue weighted by Crippen LogP contribution is 2.14. The SMILES string of the molecule is CCCCNc1ncc(C(=O)Nc2ccc(F)c(F)c2)cn1. The average Bonchev–Trinajstić information content (AvgIpc) is 2.52. The van der Waals surface area contributed by atoms with Gasteiger partial charge in [-0.05, 0) is 18.6 Å². The number of hydrogen-bond donors (Lipinski definition) is 2. The average molecular weight is 306 g/mol. The summed E-state index contributed by atoms with van der Waals surface area (Å²) in [6.07, 6.45) is 4.80. The van der Waals surface area contributed by atoms with Crippen LogP contribution in [0.2, 0.25) is 0 Å². The van der Waals surface area contributed by atoms with E-state index in [1.54, 1.807) is 0 Å². The molecule has 116 valence electrons. The lowest BCUT2D eigenvalue weighted by atomic mass is 10.2. The van der Waals surface area contributed by atoms with Crippen molar-refractivity contribution in [1.82, 2.24) is 9.97 Å². The molecule has 0 saturated heterocycles. The van der Waals surface area contributed by atoms with Crippen LogP contribution in [-0.4, -0.2) is 22.4 Å². The van der Waals surface area contributed by atoms with Gasteiger partial charge < -0.3 is 10.6 Å². The third-order valence-electron chi connectivity index (χ3n) is 2.90. The number of hydrogen-bond acceptors (Lipinski definition) is 4. The largest absolute Gasteiger partial charge is 0.354 e. The molecule has 2 rings (SSSR count). The monoisotopic (exact) mass is 306 g/mol. The quantitative estimate of drug-likeness (QED) is 0.804. The van der Waals surface area contributed by atoms with Crippen LogP contribution < -0.4 is 10.6 Å². The first kappa shape index (κ1) is 15.8. The summed E-state index contributed by atoms with van der Waals surface area (Å²) in [5.41, 5.74) is 0.389. The Morgan fingerprint density at radius 3 is 2.55 bits per heavy atom. The van der Waals surface area contributed by atoms with Crippen LogP contribution in [0.3, 0.4) is 0 Å². The second-order valence-electron chi connectivity index (χ2n) is 4.66. The van der Waals surface area contributed by atoms with Gasteiger partial charge in [-0.2, -0.15) is 0 Å². The number of nitrogens with zero attached hydrogens (tertiary/aromatic N) is 2. The van der Waals surface area contributed by atoms with Crippen LogP contribution in [0.1, 0.15) is 30.1 Å². The molecule has 0 unspecified atom stereocenters. The van der Waals surface area contributed by atoms with E-state index in [-0.39, 0.29) is 11.3 Å². The Hall–Kier alpha value is -2.57. The number of aromatic nitrogens is 2. The zero-order valence-electron chi connectivity index (χ0n) is 12.1. The van der Waals surface area contributed by atoms with Gasteiger partial charge in [-0.3, -0.25) is 4.79 Å². The van der Waals surface area contributed by atoms with E-state index in [2.05, 4.69) is 27.5 Å². The summed E-state index contributed by atoms with van der Waals surface area (Å²) in [7, 11) is 0. The third kappa shape index (κ3) is 4.21. The number of halogens is 2. The minimum absolute atomic E-state index is 0.161. The van der Waals surface area contributed by atoms with E-state index >= 15 is 0 Å². The predicted octanol–water partition coefficient (Wildman–Crippen LogP) is 3.22. The number of amides is 1. The molecule has 1 heterocycles. The van der Waals surface area contributed by atoms with Gasteiger partial charge in [0.05, 0.1) is 5.56 Å². The van der Waals surface area contributed by atoms with E-state index in [4.69, 9.17) is 0 Å². The Balaban J connectivity index is 1.98. The van der Waals surface area contributed by atoms with Crippen LogP contribution in [-0.2, 0) is 0 Å². The van der Waals surface area contributed by atoms with Gasteiger partial charge in [0.15, 0.2) is 11.6 Å². The van der Waals surface area contributed by atoms with Crippen molar-refractivity contribution in [3.63, 3.8) is 0 Å². The molecule has 0 aliphatic carbocycles. The van der Waals surface area contributed by atoms with Crippen LogP contribution in [0.25, 0.3) is 0 Å². The molecule has 0 aliphatic rings. The van der Waals surface area contributed by atoms with Crippen molar-refractivity contribution in [2.45, 2.75) is 19.8 Å². The lowest BCUT2D eigenvalue weighted by Gasteiger charge is -2.06. The van der Waals surface area contributed by atoms with Crippen molar-refractivity contribution in [2.24, 2.45) is 0 Å². The fraction of sp³-hybridized carbons (Fsp3) is 0.267. The molecule has 0 bridgehead atoms. The summed E-state index contributed by atoms with van der Waals surface area (Å²) in [6.45, 7) is 2.84. The number of carbonyl (C=O) groups excluding carboxylic acids is 1. The maximum absolute atomic E-state index is 13.1. The fourth-order valence-electron chi connectivity index (χ4n) is 1.69. The van der Waals surface area contributed by atoms with Crippen LogP contribution in [0, 0.1) is 11.6 Å². The third-order valence-corrected chi connectivity index (χ3v) is 2.90. The van der Waals surface area contributed by atoms with Gasteiger partial charge in [-0.25, -0.2) is 18.7 Å². The molecular weight excluding hydrogens is 290 g/mol. The summed E-state index contributed by atoms with van der Waals surface area (Å²) >= 11 is 0. The normalized spacial score (nSPS) is 10.3. The molecule has 0 saturated carbocycles. The van der Waals surface area contributed by atoms with Crippen molar-refractivity contribution in [2.75, 3.05) is 17.2 Å². The minimum atomic E-state index is -1.02. The minimum Gasteiger partial charge on any atom is -0.354 e. The van der Waals surface area contributed by atoms with E-state index in [0.717, 1.165) is 31.5 Å². The highest BCUT2D eigenvalue weighted by molar-refractivity contribution is 6.03. The van der Waals surface area contributed by atoms with Crippen molar-refractivity contribution in [3.8, 4) is 0 Å². The molecule has 2 N–H and O–H groups in total. The molecule has 1 aromatic carbocycles. The molecule has 0 radical (unpaired) electrons. The first-order valence-electron chi connectivity index (χ1n) is 6.92. The summed E-state index contributed by atoms with van der Waals surface area (Å²) in [5.74, 6) is -2.04. The Morgan fingerprint density at radius 2 is 1.91 bits per heavy atom. The van der Waals surface area contributed by atoms with Crippen molar-refractivity contribution >= 4 is 17.5 Å². The summed E-state index contributed by atoms with van der Waals surface area (Å²) < 4.78 is 25.9. The lowest BCUT2D eigenvalue weighted by molar-refractivity contribution is 0.102. The van der Waals surface area contributed by atoms with Gasteiger partial charge >= 0.3 is 0 Å². The summed E-state index contributed by atoms with van der Waals surface area (Å²) in [5, 5.41) is 5.48. The molecule has 0 spiro atoms. The number of benzene rings is 1. The van der Waals surface area contributed by atoms with Crippen molar-refractivity contribution in [1.29, 1.82) is 0 Å². The Labute approximate surface area is 126 Å². The highest BCUT2D eigenvalue weighted by Gasteiger charge is 2.09. The van der Waals surface area contributed by atoms with Gasteiger partial charge in [0, 0.05) is 30.7 Å². The smallest absolute Gasteiger partial charge is 0.258 e. The first-order valence-corrected chi connectivity index (χ1v) is 6.92. The molecule has 0 aliphatic heterocycles. The van der Waals surface area contributed by atoms with Gasteiger partial charge in [0.1, 0.15) is 0 Å². The molecule has 22 heavy (non-hydrogen) atoms. The van der Waals surface area contributed by atoms with Crippen molar-refractivity contribution < 1.29 is 13.6 Å². The Kier molecular flexibility index (Phi) is 5.35. The van der Waals surface area contributed by atoms with Gasteiger partial charge in [-0.1, -0.05) is 13.3 Å². The molecule has 1 amide bonds. The van der Waals surface area contributed by atoms with Gasteiger partial charge in [-0.15, -0.1) is 0 Å². The zero-order valence-corrected chi connectivity index (χ0v) is 12.1. The first-order chi connectivity index (χ1) is 10.6. The molecular formula is C15H16F2N4O. The highest BCUT2D eigenvalue weighted by atomic mass is 19.2. The molecule has 7 heteroatoms. The number of carbonyl (C=O) groups is 1. The van der Waals surface area contributed by atoms with E-state index < -0.39 is 17.5 Å². The van der Waals surface area contributed by atoms with Crippen LogP contribution in [0.15, 0.2) is 30.6 Å². The van der Waals surface area contributed by atoms with Gasteiger partial charge in [0.25, 0.3) is 5.91 Å². The second kappa shape index (κ2) is 7.44. The number of nitrogens with one attached hydrogen (secondary N) is 2. The molecule has 2 aromatic rings. The van der Waals surface area contributed by atoms with Crippen LogP contribution in [0.5, 0.6) is 0 Å². The van der Waals surface area contributed by atoms with E-state index in [9.17, 15) is 13.6 Å². The van der Waals surface area contributed by atoms with Crippen molar-refractivity contribution in [3.05, 3.63) is 47.8 Å². The summed E-state index contributed by atoms with van der Waals surface area (Å²) in [4.78, 5) is 20.0. The maximum atomic E-state index is 13.1. The molecule has 1 aromatic heterocycles. The topological polar surface area (TPSA) is 66.9 Å². The zero-order chi connectivity index (χ0) is 15.9. The lowest BCUT2D eigenvalue weighted by Crippen LogP contribution is -2.14. The Bertz CT molecular complexity index is 646. The van der Waals surface area contributed by atoms with Gasteiger partial charge in [0.2, 0.25) is 5.95 Å². The van der Waals surface area contributed by atoms with Crippen LogP contribution in [0.4, 0.5) is 20.4 Å². The number of unbranched alkanes of at least 4 members (excludes halogenated alkanes) is 1. The van der Waals surface area contributed by atoms with E-state index in [1.807, 2.05) is 0 Å². The molecule has 5 nitrogen and oxygen atoms in total. The maximum Gasteiger partial charge on any atom is 0.258 e. The molecule has 0 atom stereocenters. The summed E-state index contributed by atoms with van der Waals surface area (Å²) in [6, 6.07) is 3.13. The standard InChI is InChI=1S/C15H16F2N4O/c1-2-3-6-18-15-19-8-10(9-20-15)14(22)21-11-4-5-12(16)13(17)7-11/h4-5,7-9H,2-3,6H2,1H3,(H,21,22)(H,18,19,20). The second-order valence-corrected chi connectivity index (χ2v) is 4.66. The Morgan fingerprint density at radius 1 is 1.18 bits per heavy atom. The number of rotatable bonds is 6. The van der Waals surface area contributed by atoms with E-state index in [1.165, 1.54) is 18.5 Å². The molecule has 0 fully saturated rings. The predicted molar refractivity (Wildman–Crippen MR) is 79.7 cm³/mol. The number of anilines is 2. The fourth-order valence-corrected chi connectivity index (χ4v) is 1.69. The van der Waals surface area contributed by atoms with E-state index in [0.29, 0.717) is 5.95 Å². The van der Waals surface area contributed by atoms with Crippen LogP contribution >= 0.6 is 0 Å².